The van der Waals surface area contributed by atoms with Crippen LogP contribution in [-0.4, -0.2) is 20.2 Å². The highest BCUT2D eigenvalue weighted by Crippen LogP contribution is 2.24. The average molecular weight is 194 g/mol. The van der Waals surface area contributed by atoms with Gasteiger partial charge in [-0.15, -0.1) is 0 Å². The van der Waals surface area contributed by atoms with Gasteiger partial charge in [0.15, 0.2) is 5.65 Å². The van der Waals surface area contributed by atoms with Crippen molar-refractivity contribution in [2.24, 2.45) is 0 Å². The predicted octanol–water partition coefficient (Wildman–Crippen LogP) is 1.04. The lowest BCUT2D eigenvalue weighted by Crippen LogP contribution is -2.04. The SMILES string of the molecule is CC(=O)Nc1snc2ncncc12. The van der Waals surface area contributed by atoms with E-state index in [4.69, 9.17) is 0 Å². The summed E-state index contributed by atoms with van der Waals surface area (Å²) < 4.78 is 4.05. The van der Waals surface area contributed by atoms with Crippen LogP contribution in [0.15, 0.2) is 12.5 Å². The van der Waals surface area contributed by atoms with Crippen molar-refractivity contribution in [2.45, 2.75) is 6.92 Å². The molecule has 0 saturated carbocycles. The van der Waals surface area contributed by atoms with Crippen molar-refractivity contribution in [3.63, 3.8) is 0 Å². The number of nitrogens with zero attached hydrogens (tertiary/aromatic N) is 3. The topological polar surface area (TPSA) is 67.8 Å². The van der Waals surface area contributed by atoms with Crippen LogP contribution in [0.1, 0.15) is 6.92 Å². The maximum atomic E-state index is 10.8. The van der Waals surface area contributed by atoms with Gasteiger partial charge in [-0.25, -0.2) is 9.97 Å². The molecule has 0 bridgehead atoms. The average Bonchev–Trinajstić information content (AvgIpc) is 2.48. The van der Waals surface area contributed by atoms with Crippen LogP contribution < -0.4 is 5.32 Å². The second-order valence-electron chi connectivity index (χ2n) is 2.45. The van der Waals surface area contributed by atoms with Crippen LogP contribution in [0.3, 0.4) is 0 Å². The number of carbonyl (C=O) groups excluding carboxylic acids is 1. The zero-order valence-electron chi connectivity index (χ0n) is 6.81. The molecule has 0 aliphatic rings. The second-order valence-corrected chi connectivity index (χ2v) is 3.23. The highest BCUT2D eigenvalue weighted by molar-refractivity contribution is 7.12. The van der Waals surface area contributed by atoms with E-state index in [1.807, 2.05) is 0 Å². The molecule has 1 N–H and O–H groups in total. The van der Waals surface area contributed by atoms with Crippen molar-refractivity contribution in [3.8, 4) is 0 Å². The fourth-order valence-electron chi connectivity index (χ4n) is 0.944. The van der Waals surface area contributed by atoms with Crippen molar-refractivity contribution in [1.82, 2.24) is 14.3 Å². The third-order valence-corrected chi connectivity index (χ3v) is 2.22. The molecule has 2 aromatic rings. The minimum Gasteiger partial charge on any atom is -0.316 e. The number of carbonyl (C=O) groups is 1. The minimum atomic E-state index is -0.116. The molecular weight excluding hydrogens is 188 g/mol. The third kappa shape index (κ3) is 1.48. The molecule has 0 aliphatic heterocycles. The second kappa shape index (κ2) is 3.06. The Labute approximate surface area is 78.0 Å². The number of anilines is 1. The molecule has 0 fully saturated rings. The molecule has 0 atom stereocenters. The third-order valence-electron chi connectivity index (χ3n) is 1.45. The van der Waals surface area contributed by atoms with Gasteiger partial charge < -0.3 is 5.32 Å². The quantitative estimate of drug-likeness (QED) is 0.736. The molecule has 0 unspecified atom stereocenters. The van der Waals surface area contributed by atoms with Crippen molar-refractivity contribution < 1.29 is 4.79 Å². The summed E-state index contributed by atoms with van der Waals surface area (Å²) in [5.74, 6) is -0.116. The van der Waals surface area contributed by atoms with Gasteiger partial charge >= 0.3 is 0 Å². The van der Waals surface area contributed by atoms with Gasteiger partial charge in [0.2, 0.25) is 5.91 Å². The standard InChI is InChI=1S/C7H6N4OS/c1-4(12)10-7-5-2-8-3-9-6(5)11-13-7/h2-3H,1H3,(H,10,12). The number of nitrogens with one attached hydrogen (secondary N) is 1. The Kier molecular flexibility index (Phi) is 1.90. The van der Waals surface area contributed by atoms with Gasteiger partial charge in [-0.05, 0) is 11.5 Å². The molecular formula is C7H6N4OS. The highest BCUT2D eigenvalue weighted by atomic mass is 32.1. The van der Waals surface area contributed by atoms with Gasteiger partial charge in [0.05, 0.1) is 5.39 Å². The smallest absolute Gasteiger partial charge is 0.221 e. The van der Waals surface area contributed by atoms with E-state index in [1.54, 1.807) is 6.20 Å². The van der Waals surface area contributed by atoms with E-state index in [1.165, 1.54) is 24.8 Å². The van der Waals surface area contributed by atoms with E-state index in [0.717, 1.165) is 5.39 Å². The molecule has 2 rings (SSSR count). The van der Waals surface area contributed by atoms with Crippen molar-refractivity contribution in [2.75, 3.05) is 5.32 Å². The normalized spacial score (nSPS) is 10.2. The van der Waals surface area contributed by atoms with Crippen molar-refractivity contribution in [1.29, 1.82) is 0 Å². The van der Waals surface area contributed by atoms with Crippen LogP contribution in [-0.2, 0) is 4.79 Å². The minimum absolute atomic E-state index is 0.116. The first kappa shape index (κ1) is 8.06. The lowest BCUT2D eigenvalue weighted by molar-refractivity contribution is -0.114. The van der Waals surface area contributed by atoms with Gasteiger partial charge in [-0.1, -0.05) is 0 Å². The first-order valence-corrected chi connectivity index (χ1v) is 4.37. The summed E-state index contributed by atoms with van der Waals surface area (Å²) in [5, 5.41) is 4.14. The summed E-state index contributed by atoms with van der Waals surface area (Å²) in [4.78, 5) is 18.6. The van der Waals surface area contributed by atoms with E-state index in [2.05, 4.69) is 19.7 Å². The summed E-state index contributed by atoms with van der Waals surface area (Å²) in [6.45, 7) is 1.45. The predicted molar refractivity (Wildman–Crippen MR) is 49.5 cm³/mol. The van der Waals surface area contributed by atoms with Crippen LogP contribution in [0.5, 0.6) is 0 Å². The number of fused-ring (bicyclic) bond motifs is 1. The van der Waals surface area contributed by atoms with Crippen molar-refractivity contribution in [3.05, 3.63) is 12.5 Å². The van der Waals surface area contributed by atoms with E-state index in [-0.39, 0.29) is 5.91 Å². The molecule has 2 heterocycles. The molecule has 0 aliphatic carbocycles. The van der Waals surface area contributed by atoms with Crippen LogP contribution >= 0.6 is 11.5 Å². The lowest BCUT2D eigenvalue weighted by Gasteiger charge is -1.95. The monoisotopic (exact) mass is 194 g/mol. The Bertz CT molecular complexity index is 452. The van der Waals surface area contributed by atoms with Crippen LogP contribution in [0.2, 0.25) is 0 Å². The van der Waals surface area contributed by atoms with E-state index >= 15 is 0 Å². The Balaban J connectivity index is 2.51. The van der Waals surface area contributed by atoms with Crippen LogP contribution in [0, 0.1) is 0 Å². The molecule has 0 aromatic carbocycles. The van der Waals surface area contributed by atoms with Crippen LogP contribution in [0.4, 0.5) is 5.00 Å². The summed E-state index contributed by atoms with van der Waals surface area (Å²) in [7, 11) is 0. The first-order chi connectivity index (χ1) is 6.27. The van der Waals surface area contributed by atoms with Crippen LogP contribution in [0.25, 0.3) is 11.0 Å². The molecule has 13 heavy (non-hydrogen) atoms. The molecule has 0 saturated heterocycles. The number of hydrogen-bond donors (Lipinski definition) is 1. The van der Waals surface area contributed by atoms with Gasteiger partial charge in [0.1, 0.15) is 11.3 Å². The number of rotatable bonds is 1. The largest absolute Gasteiger partial charge is 0.316 e. The maximum Gasteiger partial charge on any atom is 0.221 e. The molecule has 6 heteroatoms. The Hall–Kier alpha value is -1.56. The molecule has 66 valence electrons. The Morgan fingerprint density at radius 3 is 3.23 bits per heavy atom. The van der Waals surface area contributed by atoms with E-state index in [0.29, 0.717) is 10.6 Å². The van der Waals surface area contributed by atoms with E-state index in [9.17, 15) is 4.79 Å². The fraction of sp³-hybridized carbons (Fsp3) is 0.143. The van der Waals surface area contributed by atoms with Crippen molar-refractivity contribution >= 4 is 33.5 Å². The lowest BCUT2D eigenvalue weighted by atomic mass is 10.4. The van der Waals surface area contributed by atoms with Gasteiger partial charge in [0, 0.05) is 13.1 Å². The summed E-state index contributed by atoms with van der Waals surface area (Å²) in [6.07, 6.45) is 3.07. The Morgan fingerprint density at radius 2 is 2.46 bits per heavy atom. The Morgan fingerprint density at radius 1 is 1.62 bits per heavy atom. The molecule has 2 aromatic heterocycles. The summed E-state index contributed by atoms with van der Waals surface area (Å²) in [5.41, 5.74) is 0.615. The van der Waals surface area contributed by atoms with E-state index < -0.39 is 0 Å². The van der Waals surface area contributed by atoms with Gasteiger partial charge in [-0.3, -0.25) is 4.79 Å². The van der Waals surface area contributed by atoms with Gasteiger partial charge in [-0.2, -0.15) is 4.37 Å². The number of amides is 1. The zero-order chi connectivity index (χ0) is 9.26. The first-order valence-electron chi connectivity index (χ1n) is 3.60. The summed E-state index contributed by atoms with van der Waals surface area (Å²) >= 11 is 1.21. The molecule has 5 nitrogen and oxygen atoms in total. The maximum absolute atomic E-state index is 10.8. The molecule has 0 radical (unpaired) electrons. The summed E-state index contributed by atoms with van der Waals surface area (Å²) in [6, 6.07) is 0. The highest BCUT2D eigenvalue weighted by Gasteiger charge is 2.06. The zero-order valence-corrected chi connectivity index (χ0v) is 7.63. The van der Waals surface area contributed by atoms with Gasteiger partial charge in [0.25, 0.3) is 0 Å². The number of aromatic nitrogens is 3. The fourth-order valence-corrected chi connectivity index (χ4v) is 1.70. The molecule has 1 amide bonds. The molecule has 0 spiro atoms. The number of hydrogen-bond acceptors (Lipinski definition) is 5.